The SMILES string of the molecule is Cc1nnc2ccc(C(=O)N3CCC(CC(=O)O)CC3)cn12. The van der Waals surface area contributed by atoms with E-state index in [9.17, 15) is 9.59 Å². The van der Waals surface area contributed by atoms with E-state index in [1.165, 1.54) is 0 Å². The molecule has 116 valence electrons. The van der Waals surface area contributed by atoms with Gasteiger partial charge in [0.15, 0.2) is 5.65 Å². The third-order valence-corrected chi connectivity index (χ3v) is 4.18. The van der Waals surface area contributed by atoms with Crippen LogP contribution in [0.1, 0.15) is 35.4 Å². The van der Waals surface area contributed by atoms with Gasteiger partial charge in [-0.15, -0.1) is 10.2 Å². The van der Waals surface area contributed by atoms with Crippen LogP contribution in [0.4, 0.5) is 0 Å². The standard InChI is InChI=1S/C15H18N4O3/c1-10-16-17-13-3-2-12(9-19(10)13)15(22)18-6-4-11(5-7-18)8-14(20)21/h2-3,9,11H,4-8H2,1H3,(H,20,21). The van der Waals surface area contributed by atoms with E-state index < -0.39 is 5.97 Å². The number of likely N-dealkylation sites (tertiary alicyclic amines) is 1. The van der Waals surface area contributed by atoms with Crippen molar-refractivity contribution in [2.24, 2.45) is 5.92 Å². The Labute approximate surface area is 127 Å². The van der Waals surface area contributed by atoms with Gasteiger partial charge in [0.25, 0.3) is 5.91 Å². The molecular formula is C15H18N4O3. The van der Waals surface area contributed by atoms with Gasteiger partial charge in [0, 0.05) is 25.7 Å². The molecule has 7 heteroatoms. The minimum atomic E-state index is -0.765. The van der Waals surface area contributed by atoms with Crippen LogP contribution < -0.4 is 0 Å². The molecule has 0 bridgehead atoms. The number of piperidine rings is 1. The number of aromatic nitrogens is 3. The molecule has 2 aromatic heterocycles. The van der Waals surface area contributed by atoms with Crippen molar-refractivity contribution in [2.45, 2.75) is 26.2 Å². The van der Waals surface area contributed by atoms with Crippen LogP contribution in [0.25, 0.3) is 5.65 Å². The molecule has 1 aliphatic rings. The van der Waals surface area contributed by atoms with E-state index in [0.717, 1.165) is 18.7 Å². The molecule has 7 nitrogen and oxygen atoms in total. The number of carbonyl (C=O) groups is 2. The predicted octanol–water partition coefficient (Wildman–Crippen LogP) is 1.36. The Morgan fingerprint density at radius 2 is 2.00 bits per heavy atom. The van der Waals surface area contributed by atoms with Crippen molar-refractivity contribution in [1.29, 1.82) is 0 Å². The molecule has 3 rings (SSSR count). The number of nitrogens with zero attached hydrogens (tertiary/aromatic N) is 4. The average Bonchev–Trinajstić information content (AvgIpc) is 2.88. The summed E-state index contributed by atoms with van der Waals surface area (Å²) in [5.74, 6) is 0.121. The summed E-state index contributed by atoms with van der Waals surface area (Å²) in [6.07, 6.45) is 3.43. The summed E-state index contributed by atoms with van der Waals surface area (Å²) in [5, 5.41) is 16.8. The van der Waals surface area contributed by atoms with Crippen LogP contribution in [0.15, 0.2) is 18.3 Å². The van der Waals surface area contributed by atoms with E-state index in [4.69, 9.17) is 5.11 Å². The van der Waals surface area contributed by atoms with E-state index in [2.05, 4.69) is 10.2 Å². The number of carboxylic acid groups (broad SMARTS) is 1. The lowest BCUT2D eigenvalue weighted by Gasteiger charge is -2.31. The predicted molar refractivity (Wildman–Crippen MR) is 78.6 cm³/mol. The van der Waals surface area contributed by atoms with Crippen LogP contribution in [0, 0.1) is 12.8 Å². The maximum absolute atomic E-state index is 12.6. The van der Waals surface area contributed by atoms with E-state index >= 15 is 0 Å². The minimum absolute atomic E-state index is 0.0243. The summed E-state index contributed by atoms with van der Waals surface area (Å²) in [6.45, 7) is 3.05. The summed E-state index contributed by atoms with van der Waals surface area (Å²) in [4.78, 5) is 25.1. The molecule has 22 heavy (non-hydrogen) atoms. The van der Waals surface area contributed by atoms with Gasteiger partial charge >= 0.3 is 5.97 Å². The smallest absolute Gasteiger partial charge is 0.303 e. The van der Waals surface area contributed by atoms with Crippen molar-refractivity contribution >= 4 is 17.5 Å². The Morgan fingerprint density at radius 1 is 1.27 bits per heavy atom. The minimum Gasteiger partial charge on any atom is -0.481 e. The first-order valence-corrected chi connectivity index (χ1v) is 7.37. The lowest BCUT2D eigenvalue weighted by Crippen LogP contribution is -2.39. The Hall–Kier alpha value is -2.44. The molecule has 1 amide bonds. The first kappa shape index (κ1) is 14.5. The van der Waals surface area contributed by atoms with Crippen LogP contribution in [0.2, 0.25) is 0 Å². The Balaban J connectivity index is 1.71. The molecule has 2 aromatic rings. The molecule has 0 radical (unpaired) electrons. The normalized spacial score (nSPS) is 16.1. The molecule has 1 saturated heterocycles. The zero-order chi connectivity index (χ0) is 15.7. The molecule has 3 heterocycles. The Bertz CT molecular complexity index is 717. The van der Waals surface area contributed by atoms with Crippen molar-refractivity contribution in [1.82, 2.24) is 19.5 Å². The van der Waals surface area contributed by atoms with Crippen LogP contribution in [-0.2, 0) is 4.79 Å². The highest BCUT2D eigenvalue weighted by molar-refractivity contribution is 5.94. The number of aliphatic carboxylic acids is 1. The zero-order valence-corrected chi connectivity index (χ0v) is 12.4. The van der Waals surface area contributed by atoms with Crippen LogP contribution >= 0.6 is 0 Å². The maximum atomic E-state index is 12.6. The van der Waals surface area contributed by atoms with Gasteiger partial charge in [-0.1, -0.05) is 0 Å². The van der Waals surface area contributed by atoms with Crippen molar-refractivity contribution < 1.29 is 14.7 Å². The second kappa shape index (κ2) is 5.75. The lowest BCUT2D eigenvalue weighted by atomic mass is 9.93. The number of fused-ring (bicyclic) bond motifs is 1. The number of hydrogen-bond donors (Lipinski definition) is 1. The fraction of sp³-hybridized carbons (Fsp3) is 0.467. The van der Waals surface area contributed by atoms with Gasteiger partial charge in [-0.2, -0.15) is 0 Å². The van der Waals surface area contributed by atoms with Gasteiger partial charge in [-0.3, -0.25) is 14.0 Å². The summed E-state index contributed by atoms with van der Waals surface area (Å²) < 4.78 is 1.80. The maximum Gasteiger partial charge on any atom is 0.303 e. The summed E-state index contributed by atoms with van der Waals surface area (Å²) in [7, 11) is 0. The van der Waals surface area contributed by atoms with Gasteiger partial charge in [-0.25, -0.2) is 0 Å². The van der Waals surface area contributed by atoms with Crippen LogP contribution in [-0.4, -0.2) is 49.6 Å². The van der Waals surface area contributed by atoms with Gasteiger partial charge in [0.1, 0.15) is 5.82 Å². The first-order chi connectivity index (χ1) is 10.5. The van der Waals surface area contributed by atoms with Gasteiger partial charge < -0.3 is 10.0 Å². The van der Waals surface area contributed by atoms with Gasteiger partial charge in [-0.05, 0) is 37.8 Å². The number of aryl methyl sites for hydroxylation is 1. The number of amides is 1. The van der Waals surface area contributed by atoms with Crippen molar-refractivity contribution in [2.75, 3.05) is 13.1 Å². The number of carbonyl (C=O) groups excluding carboxylic acids is 1. The number of hydrogen-bond acceptors (Lipinski definition) is 4. The number of rotatable bonds is 3. The quantitative estimate of drug-likeness (QED) is 0.925. The van der Waals surface area contributed by atoms with Crippen molar-refractivity contribution in [3.8, 4) is 0 Å². The highest BCUT2D eigenvalue weighted by atomic mass is 16.4. The third-order valence-electron chi connectivity index (χ3n) is 4.18. The van der Waals surface area contributed by atoms with Crippen molar-refractivity contribution in [3.05, 3.63) is 29.7 Å². The molecular weight excluding hydrogens is 284 g/mol. The molecule has 1 N–H and O–H groups in total. The fourth-order valence-corrected chi connectivity index (χ4v) is 2.90. The topological polar surface area (TPSA) is 87.8 Å². The highest BCUT2D eigenvalue weighted by Gasteiger charge is 2.25. The van der Waals surface area contributed by atoms with Crippen molar-refractivity contribution in [3.63, 3.8) is 0 Å². The molecule has 0 aromatic carbocycles. The van der Waals surface area contributed by atoms with E-state index in [1.54, 1.807) is 27.6 Å². The molecule has 0 aliphatic carbocycles. The van der Waals surface area contributed by atoms with Gasteiger partial charge in [0.2, 0.25) is 0 Å². The van der Waals surface area contributed by atoms with Crippen LogP contribution in [0.5, 0.6) is 0 Å². The number of pyridine rings is 1. The molecule has 1 aliphatic heterocycles. The molecule has 0 atom stereocenters. The third kappa shape index (κ3) is 2.79. The molecule has 1 fully saturated rings. The fourth-order valence-electron chi connectivity index (χ4n) is 2.90. The van der Waals surface area contributed by atoms with Gasteiger partial charge in [0.05, 0.1) is 5.56 Å². The van der Waals surface area contributed by atoms with E-state index in [-0.39, 0.29) is 18.2 Å². The Kier molecular flexibility index (Phi) is 3.79. The second-order valence-corrected chi connectivity index (χ2v) is 5.73. The second-order valence-electron chi connectivity index (χ2n) is 5.73. The average molecular weight is 302 g/mol. The summed E-state index contributed by atoms with van der Waals surface area (Å²) in [5.41, 5.74) is 1.32. The van der Waals surface area contributed by atoms with E-state index in [1.807, 2.05) is 6.92 Å². The molecule has 0 spiro atoms. The number of carboxylic acids is 1. The molecule has 0 saturated carbocycles. The highest BCUT2D eigenvalue weighted by Crippen LogP contribution is 2.22. The summed E-state index contributed by atoms with van der Waals surface area (Å²) >= 11 is 0. The largest absolute Gasteiger partial charge is 0.481 e. The lowest BCUT2D eigenvalue weighted by molar-refractivity contribution is -0.138. The first-order valence-electron chi connectivity index (χ1n) is 7.37. The Morgan fingerprint density at radius 3 is 2.68 bits per heavy atom. The zero-order valence-electron chi connectivity index (χ0n) is 12.4. The summed E-state index contributed by atoms with van der Waals surface area (Å²) in [6, 6.07) is 3.54. The van der Waals surface area contributed by atoms with Crippen LogP contribution in [0.3, 0.4) is 0 Å². The van der Waals surface area contributed by atoms with E-state index in [0.29, 0.717) is 24.3 Å². The monoisotopic (exact) mass is 302 g/mol. The molecule has 0 unspecified atom stereocenters.